The minimum absolute atomic E-state index is 0.260. The van der Waals surface area contributed by atoms with Gasteiger partial charge in [0.1, 0.15) is 18.7 Å². The second-order valence-corrected chi connectivity index (χ2v) is 7.54. The van der Waals surface area contributed by atoms with Crippen LogP contribution in [0.4, 0.5) is 11.4 Å². The molecule has 1 aromatic heterocycles. The second-order valence-electron chi connectivity index (χ2n) is 5.98. The SMILES string of the molecule is CC(C(=O)Nc1ccc(NS(=O)(=O)/C=C/c2ccccc2)cc1)n1cncn1. The van der Waals surface area contributed by atoms with Gasteiger partial charge >= 0.3 is 0 Å². The molecule has 28 heavy (non-hydrogen) atoms. The summed E-state index contributed by atoms with van der Waals surface area (Å²) < 4.78 is 28.3. The van der Waals surface area contributed by atoms with Crippen LogP contribution in [0.2, 0.25) is 0 Å². The van der Waals surface area contributed by atoms with Crippen LogP contribution in [-0.4, -0.2) is 29.1 Å². The van der Waals surface area contributed by atoms with E-state index in [0.717, 1.165) is 11.0 Å². The Hall–Kier alpha value is -3.46. The van der Waals surface area contributed by atoms with Crippen molar-refractivity contribution in [1.29, 1.82) is 0 Å². The molecule has 0 saturated heterocycles. The molecule has 3 aromatic rings. The van der Waals surface area contributed by atoms with Crippen molar-refractivity contribution >= 4 is 33.4 Å². The Kier molecular flexibility index (Phi) is 5.85. The lowest BCUT2D eigenvalue weighted by Crippen LogP contribution is -2.24. The van der Waals surface area contributed by atoms with Crippen LogP contribution >= 0.6 is 0 Å². The molecule has 2 N–H and O–H groups in total. The Morgan fingerprint density at radius 3 is 2.39 bits per heavy atom. The van der Waals surface area contributed by atoms with Crippen molar-refractivity contribution in [3.05, 3.63) is 78.2 Å². The molecule has 0 spiro atoms. The van der Waals surface area contributed by atoms with Crippen LogP contribution in [0.5, 0.6) is 0 Å². The number of amides is 1. The molecule has 1 atom stereocenters. The van der Waals surface area contributed by atoms with Gasteiger partial charge in [0.05, 0.1) is 5.41 Å². The second kappa shape index (κ2) is 8.49. The Bertz CT molecular complexity index is 1050. The first kappa shape index (κ1) is 19.3. The molecule has 3 rings (SSSR count). The normalized spacial score (nSPS) is 12.6. The van der Waals surface area contributed by atoms with Gasteiger partial charge in [-0.1, -0.05) is 30.3 Å². The van der Waals surface area contributed by atoms with E-state index in [1.807, 2.05) is 30.3 Å². The molecule has 1 unspecified atom stereocenters. The zero-order valence-corrected chi connectivity index (χ0v) is 15.9. The van der Waals surface area contributed by atoms with Crippen molar-refractivity contribution in [3.63, 3.8) is 0 Å². The minimum Gasteiger partial charge on any atom is -0.324 e. The summed E-state index contributed by atoms with van der Waals surface area (Å²) in [5.41, 5.74) is 1.72. The molecule has 0 saturated carbocycles. The molecule has 8 nitrogen and oxygen atoms in total. The Balaban J connectivity index is 1.61. The van der Waals surface area contributed by atoms with Crippen LogP contribution in [0.25, 0.3) is 6.08 Å². The number of rotatable bonds is 7. The molecule has 0 aliphatic carbocycles. The summed E-state index contributed by atoms with van der Waals surface area (Å²) in [6, 6.07) is 15.0. The summed E-state index contributed by atoms with van der Waals surface area (Å²) in [5.74, 6) is -0.260. The number of carbonyl (C=O) groups excluding carboxylic acids is 1. The monoisotopic (exact) mass is 397 g/mol. The molecule has 2 aromatic carbocycles. The van der Waals surface area contributed by atoms with Crippen molar-refractivity contribution in [3.8, 4) is 0 Å². The van der Waals surface area contributed by atoms with E-state index in [9.17, 15) is 13.2 Å². The number of carbonyl (C=O) groups is 1. The summed E-state index contributed by atoms with van der Waals surface area (Å²) in [6.45, 7) is 1.70. The molecule has 0 bridgehead atoms. The fourth-order valence-electron chi connectivity index (χ4n) is 2.34. The molecular formula is C19H19N5O3S. The largest absolute Gasteiger partial charge is 0.324 e. The molecule has 0 radical (unpaired) electrons. The van der Waals surface area contributed by atoms with Gasteiger partial charge in [-0.2, -0.15) is 5.10 Å². The lowest BCUT2D eigenvalue weighted by atomic mass is 10.2. The smallest absolute Gasteiger partial charge is 0.255 e. The molecule has 144 valence electrons. The third kappa shape index (κ3) is 5.27. The average molecular weight is 397 g/mol. The van der Waals surface area contributed by atoms with Crippen molar-refractivity contribution < 1.29 is 13.2 Å². The number of hydrogen-bond donors (Lipinski definition) is 2. The van der Waals surface area contributed by atoms with Gasteiger partial charge in [-0.3, -0.25) is 9.52 Å². The van der Waals surface area contributed by atoms with Crippen LogP contribution < -0.4 is 10.0 Å². The molecule has 0 aliphatic rings. The average Bonchev–Trinajstić information content (AvgIpc) is 3.23. The maximum atomic E-state index is 12.2. The van der Waals surface area contributed by atoms with Gasteiger partial charge in [0.25, 0.3) is 10.0 Å². The standard InChI is InChI=1S/C19H19N5O3S/c1-15(24-14-20-13-21-24)19(25)22-17-7-9-18(10-8-17)23-28(26,27)12-11-16-5-3-2-4-6-16/h2-15,23H,1H3,(H,22,25)/b12-11+. The van der Waals surface area contributed by atoms with Crippen molar-refractivity contribution in [2.45, 2.75) is 13.0 Å². The zero-order valence-electron chi connectivity index (χ0n) is 15.1. The highest BCUT2D eigenvalue weighted by Gasteiger charge is 2.15. The van der Waals surface area contributed by atoms with Crippen LogP contribution in [0.1, 0.15) is 18.5 Å². The summed E-state index contributed by atoms with van der Waals surface area (Å²) in [6.07, 6.45) is 4.34. The van der Waals surface area contributed by atoms with Crippen LogP contribution in [0.3, 0.4) is 0 Å². The van der Waals surface area contributed by atoms with Gasteiger partial charge in [-0.05, 0) is 42.8 Å². The maximum absolute atomic E-state index is 12.2. The van der Waals surface area contributed by atoms with E-state index in [1.165, 1.54) is 23.4 Å². The summed E-state index contributed by atoms with van der Waals surface area (Å²) >= 11 is 0. The van der Waals surface area contributed by atoms with Gasteiger partial charge in [0.2, 0.25) is 5.91 Å². The quantitative estimate of drug-likeness (QED) is 0.638. The van der Waals surface area contributed by atoms with Crippen LogP contribution in [0, 0.1) is 0 Å². The molecule has 0 aliphatic heterocycles. The fourth-order valence-corrected chi connectivity index (χ4v) is 3.21. The molecule has 1 amide bonds. The predicted octanol–water partition coefficient (Wildman–Crippen LogP) is 2.89. The summed E-state index contributed by atoms with van der Waals surface area (Å²) in [7, 11) is -3.65. The minimum atomic E-state index is -3.65. The van der Waals surface area contributed by atoms with E-state index >= 15 is 0 Å². The van der Waals surface area contributed by atoms with E-state index in [1.54, 1.807) is 31.2 Å². The van der Waals surface area contributed by atoms with Crippen molar-refractivity contribution in [2.24, 2.45) is 0 Å². The Labute approximate surface area is 163 Å². The van der Waals surface area contributed by atoms with E-state index in [2.05, 4.69) is 20.1 Å². The number of anilines is 2. The Morgan fingerprint density at radius 1 is 1.07 bits per heavy atom. The van der Waals surface area contributed by atoms with Gasteiger partial charge in [-0.15, -0.1) is 0 Å². The van der Waals surface area contributed by atoms with E-state index in [-0.39, 0.29) is 5.91 Å². The first-order valence-electron chi connectivity index (χ1n) is 8.44. The van der Waals surface area contributed by atoms with Gasteiger partial charge < -0.3 is 5.32 Å². The highest BCUT2D eigenvalue weighted by atomic mass is 32.2. The topological polar surface area (TPSA) is 106 Å². The number of aromatic nitrogens is 3. The first-order chi connectivity index (χ1) is 13.4. The molecule has 0 fully saturated rings. The summed E-state index contributed by atoms with van der Waals surface area (Å²) in [4.78, 5) is 16.0. The zero-order chi connectivity index (χ0) is 20.0. The summed E-state index contributed by atoms with van der Waals surface area (Å²) in [5, 5.41) is 7.79. The third-order valence-corrected chi connectivity index (χ3v) is 4.88. The van der Waals surface area contributed by atoms with Crippen LogP contribution in [-0.2, 0) is 14.8 Å². The molecule has 1 heterocycles. The lowest BCUT2D eigenvalue weighted by molar-refractivity contribution is -0.119. The van der Waals surface area contributed by atoms with Crippen LogP contribution in [0.15, 0.2) is 72.7 Å². The number of nitrogens with zero attached hydrogens (tertiary/aromatic N) is 3. The number of sulfonamides is 1. The van der Waals surface area contributed by atoms with Gasteiger partial charge in [-0.25, -0.2) is 18.1 Å². The number of hydrogen-bond acceptors (Lipinski definition) is 5. The van der Waals surface area contributed by atoms with E-state index in [4.69, 9.17) is 0 Å². The lowest BCUT2D eigenvalue weighted by Gasteiger charge is -2.12. The van der Waals surface area contributed by atoms with E-state index in [0.29, 0.717) is 11.4 Å². The highest BCUT2D eigenvalue weighted by Crippen LogP contribution is 2.17. The first-order valence-corrected chi connectivity index (χ1v) is 9.98. The third-order valence-electron chi connectivity index (χ3n) is 3.86. The fraction of sp³-hybridized carbons (Fsp3) is 0.105. The number of nitrogens with one attached hydrogen (secondary N) is 2. The van der Waals surface area contributed by atoms with Gasteiger partial charge in [0, 0.05) is 11.4 Å². The van der Waals surface area contributed by atoms with Gasteiger partial charge in [0.15, 0.2) is 0 Å². The van der Waals surface area contributed by atoms with Crippen molar-refractivity contribution in [1.82, 2.24) is 14.8 Å². The highest BCUT2D eigenvalue weighted by molar-refractivity contribution is 7.95. The predicted molar refractivity (Wildman–Crippen MR) is 108 cm³/mol. The molecule has 9 heteroatoms. The Morgan fingerprint density at radius 2 is 1.75 bits per heavy atom. The van der Waals surface area contributed by atoms with Crippen molar-refractivity contribution in [2.75, 3.05) is 10.0 Å². The maximum Gasteiger partial charge on any atom is 0.255 e. The molecular weight excluding hydrogens is 378 g/mol. The number of benzene rings is 2. The van der Waals surface area contributed by atoms with E-state index < -0.39 is 16.1 Å².